The van der Waals surface area contributed by atoms with E-state index in [4.69, 9.17) is 10.5 Å². The molecule has 2 aromatic carbocycles. The van der Waals surface area contributed by atoms with Crippen LogP contribution in [-0.4, -0.2) is 18.9 Å². The van der Waals surface area contributed by atoms with Crippen molar-refractivity contribution in [2.24, 2.45) is 0 Å². The molecule has 3 N–H and O–H groups in total. The predicted octanol–water partition coefficient (Wildman–Crippen LogP) is 2.84. The molecule has 0 saturated carbocycles. The molecule has 5 nitrogen and oxygen atoms in total. The fourth-order valence-corrected chi connectivity index (χ4v) is 2.93. The predicted molar refractivity (Wildman–Crippen MR) is 90.3 cm³/mol. The maximum absolute atomic E-state index is 11.9. The Hall–Kier alpha value is -2.47. The number of ether oxygens (including phenoxy) is 1. The minimum absolute atomic E-state index is 0.141. The van der Waals surface area contributed by atoms with Gasteiger partial charge in [0.1, 0.15) is 6.61 Å². The van der Waals surface area contributed by atoms with E-state index in [0.717, 1.165) is 15.4 Å². The van der Waals surface area contributed by atoms with Gasteiger partial charge in [0.15, 0.2) is 0 Å². The van der Waals surface area contributed by atoms with Crippen molar-refractivity contribution in [3.8, 4) is 0 Å². The topological polar surface area (TPSA) is 81.4 Å². The Labute approximate surface area is 139 Å². The number of anilines is 1. The number of benzene rings is 2. The van der Waals surface area contributed by atoms with E-state index in [-0.39, 0.29) is 18.5 Å². The Bertz CT molecular complexity index is 732. The number of nitrogens with two attached hydrogens (primary N) is 1. The van der Waals surface area contributed by atoms with Crippen molar-refractivity contribution >= 4 is 29.3 Å². The molecule has 0 fully saturated rings. The highest BCUT2D eigenvalue weighted by Crippen LogP contribution is 2.34. The highest BCUT2D eigenvalue weighted by atomic mass is 32.2. The third kappa shape index (κ3) is 4.50. The van der Waals surface area contributed by atoms with E-state index in [1.165, 1.54) is 18.7 Å². The molecule has 2 rings (SSSR count). The van der Waals surface area contributed by atoms with Crippen molar-refractivity contribution in [2.45, 2.75) is 23.3 Å². The maximum atomic E-state index is 11.9. The standard InChI is InChI=1S/C17H18N2O3S/c1-11(20)22-10-12-7-8-16(14(18)9-12)23-15-6-4-3-5-13(15)17(21)19-2/h3-9H,10,18H2,1-2H3,(H,19,21). The summed E-state index contributed by atoms with van der Waals surface area (Å²) in [5, 5.41) is 2.63. The monoisotopic (exact) mass is 330 g/mol. The van der Waals surface area contributed by atoms with Crippen LogP contribution in [0.5, 0.6) is 0 Å². The molecule has 0 saturated heterocycles. The van der Waals surface area contributed by atoms with Crippen molar-refractivity contribution in [2.75, 3.05) is 12.8 Å². The highest BCUT2D eigenvalue weighted by Gasteiger charge is 2.12. The van der Waals surface area contributed by atoms with E-state index in [2.05, 4.69) is 5.32 Å². The number of amides is 1. The number of rotatable bonds is 5. The molecular weight excluding hydrogens is 312 g/mol. The molecule has 0 radical (unpaired) electrons. The van der Waals surface area contributed by atoms with Crippen molar-refractivity contribution in [3.63, 3.8) is 0 Å². The van der Waals surface area contributed by atoms with Gasteiger partial charge in [0.2, 0.25) is 0 Å². The Kier molecular flexibility index (Phi) is 5.65. The summed E-state index contributed by atoms with van der Waals surface area (Å²) in [6, 6.07) is 12.8. The molecule has 120 valence electrons. The number of carbonyl (C=O) groups excluding carboxylic acids is 2. The van der Waals surface area contributed by atoms with Crippen LogP contribution in [0.2, 0.25) is 0 Å². The normalized spacial score (nSPS) is 10.2. The molecule has 0 atom stereocenters. The summed E-state index contributed by atoms with van der Waals surface area (Å²) >= 11 is 1.42. The third-order valence-electron chi connectivity index (χ3n) is 3.09. The summed E-state index contributed by atoms with van der Waals surface area (Å²) in [6.07, 6.45) is 0. The molecular formula is C17H18N2O3S. The third-order valence-corrected chi connectivity index (χ3v) is 4.26. The van der Waals surface area contributed by atoms with Crippen molar-refractivity contribution in [3.05, 3.63) is 53.6 Å². The van der Waals surface area contributed by atoms with Crippen LogP contribution in [-0.2, 0) is 16.1 Å². The summed E-state index contributed by atoms with van der Waals surface area (Å²) in [4.78, 5) is 24.4. The van der Waals surface area contributed by atoms with E-state index in [1.807, 2.05) is 30.3 Å². The largest absolute Gasteiger partial charge is 0.461 e. The Morgan fingerprint density at radius 2 is 1.91 bits per heavy atom. The van der Waals surface area contributed by atoms with Crippen LogP contribution < -0.4 is 11.1 Å². The van der Waals surface area contributed by atoms with Crippen molar-refractivity contribution in [1.82, 2.24) is 5.32 Å². The molecule has 0 aromatic heterocycles. The van der Waals surface area contributed by atoms with Gasteiger partial charge in [-0.25, -0.2) is 0 Å². The van der Waals surface area contributed by atoms with Crippen LogP contribution in [0.25, 0.3) is 0 Å². The summed E-state index contributed by atoms with van der Waals surface area (Å²) in [6.45, 7) is 1.56. The van der Waals surface area contributed by atoms with E-state index in [1.54, 1.807) is 19.2 Å². The van der Waals surface area contributed by atoms with Crippen LogP contribution in [0, 0.1) is 0 Å². The summed E-state index contributed by atoms with van der Waals surface area (Å²) in [5.74, 6) is -0.473. The molecule has 0 aliphatic carbocycles. The molecule has 0 aliphatic rings. The zero-order valence-electron chi connectivity index (χ0n) is 13.0. The van der Waals surface area contributed by atoms with Crippen LogP contribution in [0.3, 0.4) is 0 Å². The fraction of sp³-hybridized carbons (Fsp3) is 0.176. The summed E-state index contributed by atoms with van der Waals surface area (Å²) in [7, 11) is 1.60. The second-order valence-corrected chi connectivity index (χ2v) is 5.91. The highest BCUT2D eigenvalue weighted by molar-refractivity contribution is 7.99. The van der Waals surface area contributed by atoms with Gasteiger partial charge in [0, 0.05) is 29.4 Å². The molecule has 23 heavy (non-hydrogen) atoms. The number of nitrogens with one attached hydrogen (secondary N) is 1. The average molecular weight is 330 g/mol. The number of hydrogen-bond acceptors (Lipinski definition) is 5. The smallest absolute Gasteiger partial charge is 0.302 e. The van der Waals surface area contributed by atoms with Gasteiger partial charge in [-0.05, 0) is 29.8 Å². The second kappa shape index (κ2) is 7.69. The minimum Gasteiger partial charge on any atom is -0.461 e. The van der Waals surface area contributed by atoms with Crippen LogP contribution in [0.1, 0.15) is 22.8 Å². The molecule has 1 amide bonds. The van der Waals surface area contributed by atoms with Gasteiger partial charge < -0.3 is 15.8 Å². The number of esters is 1. The van der Waals surface area contributed by atoms with Gasteiger partial charge in [-0.2, -0.15) is 0 Å². The lowest BCUT2D eigenvalue weighted by molar-refractivity contribution is -0.142. The molecule has 0 unspecified atom stereocenters. The molecule has 0 bridgehead atoms. The number of carbonyl (C=O) groups is 2. The van der Waals surface area contributed by atoms with Crippen molar-refractivity contribution < 1.29 is 14.3 Å². The lowest BCUT2D eigenvalue weighted by Gasteiger charge is -2.11. The van der Waals surface area contributed by atoms with E-state index >= 15 is 0 Å². The van der Waals surface area contributed by atoms with Gasteiger partial charge in [-0.15, -0.1) is 0 Å². The molecule has 2 aromatic rings. The maximum Gasteiger partial charge on any atom is 0.302 e. The van der Waals surface area contributed by atoms with Crippen LogP contribution in [0.4, 0.5) is 5.69 Å². The number of hydrogen-bond donors (Lipinski definition) is 2. The van der Waals surface area contributed by atoms with E-state index in [9.17, 15) is 9.59 Å². The minimum atomic E-state index is -0.332. The van der Waals surface area contributed by atoms with Gasteiger partial charge >= 0.3 is 5.97 Å². The summed E-state index contributed by atoms with van der Waals surface area (Å²) in [5.41, 5.74) is 8.07. The van der Waals surface area contributed by atoms with Gasteiger partial charge in [0.25, 0.3) is 5.91 Å². The first-order valence-corrected chi connectivity index (χ1v) is 7.83. The SMILES string of the molecule is CNC(=O)c1ccccc1Sc1ccc(COC(C)=O)cc1N. The van der Waals surface area contributed by atoms with Crippen LogP contribution in [0.15, 0.2) is 52.3 Å². The van der Waals surface area contributed by atoms with Crippen LogP contribution >= 0.6 is 11.8 Å². The zero-order valence-corrected chi connectivity index (χ0v) is 13.8. The molecule has 6 heteroatoms. The van der Waals surface area contributed by atoms with Gasteiger partial charge in [0.05, 0.1) is 5.56 Å². The average Bonchev–Trinajstić information content (AvgIpc) is 2.55. The fourth-order valence-electron chi connectivity index (χ4n) is 1.96. The Balaban J connectivity index is 2.21. The Morgan fingerprint density at radius 3 is 2.57 bits per heavy atom. The van der Waals surface area contributed by atoms with Crippen molar-refractivity contribution in [1.29, 1.82) is 0 Å². The zero-order chi connectivity index (χ0) is 16.8. The first-order valence-electron chi connectivity index (χ1n) is 7.02. The molecule has 0 aliphatic heterocycles. The first-order chi connectivity index (χ1) is 11.0. The quantitative estimate of drug-likeness (QED) is 0.651. The molecule has 0 heterocycles. The number of nitrogen functional groups attached to an aromatic ring is 1. The summed E-state index contributed by atoms with van der Waals surface area (Å²) < 4.78 is 4.95. The lowest BCUT2D eigenvalue weighted by atomic mass is 10.2. The van der Waals surface area contributed by atoms with Gasteiger partial charge in [-0.1, -0.05) is 30.0 Å². The Morgan fingerprint density at radius 1 is 1.17 bits per heavy atom. The molecule has 0 spiro atoms. The van der Waals surface area contributed by atoms with E-state index in [0.29, 0.717) is 11.3 Å². The van der Waals surface area contributed by atoms with Gasteiger partial charge in [-0.3, -0.25) is 9.59 Å². The lowest BCUT2D eigenvalue weighted by Crippen LogP contribution is -2.18. The second-order valence-electron chi connectivity index (χ2n) is 4.83. The first kappa shape index (κ1) is 16.9. The van der Waals surface area contributed by atoms with E-state index < -0.39 is 0 Å².